The summed E-state index contributed by atoms with van der Waals surface area (Å²) in [7, 11) is 0. The summed E-state index contributed by atoms with van der Waals surface area (Å²) in [4.78, 5) is 6.97. The molecule has 1 unspecified atom stereocenters. The minimum absolute atomic E-state index is 0. The van der Waals surface area contributed by atoms with E-state index in [-0.39, 0.29) is 24.0 Å². The SMILES string of the molecule is CCC(C)c1ccc(NC(N)=NCCCCN2CCCC2)cc1.I. The molecule has 1 aromatic carbocycles. The molecule has 0 saturated carbocycles. The Morgan fingerprint density at radius 3 is 2.50 bits per heavy atom. The van der Waals surface area contributed by atoms with Gasteiger partial charge in [0, 0.05) is 12.2 Å². The zero-order chi connectivity index (χ0) is 16.5. The molecule has 1 heterocycles. The van der Waals surface area contributed by atoms with Crippen molar-refractivity contribution in [2.45, 2.75) is 51.9 Å². The lowest BCUT2D eigenvalue weighted by Crippen LogP contribution is -2.23. The van der Waals surface area contributed by atoms with Gasteiger partial charge < -0.3 is 16.0 Å². The van der Waals surface area contributed by atoms with E-state index in [2.05, 4.69) is 53.3 Å². The summed E-state index contributed by atoms with van der Waals surface area (Å²) in [5.41, 5.74) is 8.34. The van der Waals surface area contributed by atoms with Crippen LogP contribution in [0.2, 0.25) is 0 Å². The maximum absolute atomic E-state index is 5.96. The molecule has 0 spiro atoms. The van der Waals surface area contributed by atoms with Crippen molar-refractivity contribution in [2.75, 3.05) is 31.5 Å². The zero-order valence-electron chi connectivity index (χ0n) is 15.1. The molecule has 3 N–H and O–H groups in total. The van der Waals surface area contributed by atoms with E-state index in [1.807, 2.05) is 0 Å². The molecule has 2 rings (SSSR count). The van der Waals surface area contributed by atoms with Crippen LogP contribution in [-0.2, 0) is 0 Å². The van der Waals surface area contributed by atoms with E-state index in [1.165, 1.54) is 44.5 Å². The van der Waals surface area contributed by atoms with Crippen molar-refractivity contribution in [3.8, 4) is 0 Å². The first-order valence-corrected chi connectivity index (χ1v) is 9.08. The Balaban J connectivity index is 0.00000288. The van der Waals surface area contributed by atoms with Gasteiger partial charge in [0.1, 0.15) is 0 Å². The Kier molecular flexibility index (Phi) is 10.3. The second-order valence-electron chi connectivity index (χ2n) is 6.58. The number of likely N-dealkylation sites (tertiary alicyclic amines) is 1. The second kappa shape index (κ2) is 11.7. The van der Waals surface area contributed by atoms with Crippen LogP contribution in [0.4, 0.5) is 5.69 Å². The molecule has 1 aliphatic rings. The van der Waals surface area contributed by atoms with Gasteiger partial charge in [-0.25, -0.2) is 0 Å². The smallest absolute Gasteiger partial charge is 0.193 e. The van der Waals surface area contributed by atoms with E-state index in [0.717, 1.165) is 25.1 Å². The van der Waals surface area contributed by atoms with E-state index in [9.17, 15) is 0 Å². The molecule has 24 heavy (non-hydrogen) atoms. The molecule has 136 valence electrons. The Morgan fingerprint density at radius 1 is 1.21 bits per heavy atom. The van der Waals surface area contributed by atoms with Crippen molar-refractivity contribution in [3.05, 3.63) is 29.8 Å². The number of nitrogens with two attached hydrogens (primary N) is 1. The van der Waals surface area contributed by atoms with Crippen LogP contribution in [0, 0.1) is 0 Å². The zero-order valence-corrected chi connectivity index (χ0v) is 17.5. The Bertz CT molecular complexity index is 481. The quantitative estimate of drug-likeness (QED) is 0.270. The number of aliphatic imine (C=N–C) groups is 1. The van der Waals surface area contributed by atoms with Gasteiger partial charge >= 0.3 is 0 Å². The number of nitrogens with zero attached hydrogens (tertiary/aromatic N) is 2. The van der Waals surface area contributed by atoms with Gasteiger partial charge in [-0.15, -0.1) is 24.0 Å². The molecule has 5 heteroatoms. The Morgan fingerprint density at radius 2 is 1.88 bits per heavy atom. The number of benzene rings is 1. The number of hydrogen-bond donors (Lipinski definition) is 2. The van der Waals surface area contributed by atoms with Crippen LogP contribution in [0.5, 0.6) is 0 Å². The molecule has 1 atom stereocenters. The van der Waals surface area contributed by atoms with Crippen molar-refractivity contribution < 1.29 is 0 Å². The molecular formula is C19H33IN4. The van der Waals surface area contributed by atoms with Gasteiger partial charge in [-0.05, 0) is 75.4 Å². The van der Waals surface area contributed by atoms with Crippen molar-refractivity contribution in [1.29, 1.82) is 0 Å². The third-order valence-electron chi connectivity index (χ3n) is 4.73. The molecule has 0 bridgehead atoms. The van der Waals surface area contributed by atoms with Crippen LogP contribution >= 0.6 is 24.0 Å². The molecule has 1 fully saturated rings. The first-order chi connectivity index (χ1) is 11.2. The average Bonchev–Trinajstić information content (AvgIpc) is 3.08. The lowest BCUT2D eigenvalue weighted by atomic mass is 9.99. The maximum atomic E-state index is 5.96. The lowest BCUT2D eigenvalue weighted by molar-refractivity contribution is 0.331. The maximum Gasteiger partial charge on any atom is 0.193 e. The van der Waals surface area contributed by atoms with E-state index in [1.54, 1.807) is 0 Å². The molecule has 0 aliphatic carbocycles. The molecular weight excluding hydrogens is 411 g/mol. The molecule has 1 saturated heterocycles. The van der Waals surface area contributed by atoms with Crippen molar-refractivity contribution in [3.63, 3.8) is 0 Å². The van der Waals surface area contributed by atoms with Crippen LogP contribution in [0.3, 0.4) is 0 Å². The highest BCUT2D eigenvalue weighted by atomic mass is 127. The van der Waals surface area contributed by atoms with Crippen molar-refractivity contribution in [1.82, 2.24) is 4.90 Å². The number of hydrogen-bond acceptors (Lipinski definition) is 2. The summed E-state index contributed by atoms with van der Waals surface area (Å²) >= 11 is 0. The minimum atomic E-state index is 0. The third-order valence-corrected chi connectivity index (χ3v) is 4.73. The number of anilines is 1. The van der Waals surface area contributed by atoms with Gasteiger partial charge in [-0.2, -0.15) is 0 Å². The molecule has 0 aromatic heterocycles. The summed E-state index contributed by atoms with van der Waals surface area (Å²) in [6.07, 6.45) is 6.20. The van der Waals surface area contributed by atoms with E-state index >= 15 is 0 Å². The van der Waals surface area contributed by atoms with Crippen LogP contribution < -0.4 is 11.1 Å². The van der Waals surface area contributed by atoms with Crippen LogP contribution in [0.25, 0.3) is 0 Å². The normalized spacial score (nSPS) is 16.7. The van der Waals surface area contributed by atoms with Gasteiger partial charge in [0.05, 0.1) is 0 Å². The summed E-state index contributed by atoms with van der Waals surface area (Å²) in [6, 6.07) is 8.49. The minimum Gasteiger partial charge on any atom is -0.370 e. The molecule has 4 nitrogen and oxygen atoms in total. The molecule has 1 aromatic rings. The highest BCUT2D eigenvalue weighted by Gasteiger charge is 2.09. The van der Waals surface area contributed by atoms with Crippen molar-refractivity contribution >= 4 is 35.6 Å². The standard InChI is InChI=1S/C19H32N4.HI/c1-3-16(2)17-8-10-18(11-9-17)22-19(20)21-12-4-5-13-23-14-6-7-15-23;/h8-11,16H,3-7,12-15H2,1-2H3,(H3,20,21,22);1H. The molecule has 0 radical (unpaired) electrons. The van der Waals surface area contributed by atoms with Gasteiger partial charge in [0.2, 0.25) is 0 Å². The lowest BCUT2D eigenvalue weighted by Gasteiger charge is -2.13. The highest BCUT2D eigenvalue weighted by Crippen LogP contribution is 2.20. The number of nitrogens with one attached hydrogen (secondary N) is 1. The monoisotopic (exact) mass is 444 g/mol. The number of guanidine groups is 1. The molecule has 1 aliphatic heterocycles. The predicted octanol–water partition coefficient (Wildman–Crippen LogP) is 4.42. The third kappa shape index (κ3) is 7.38. The van der Waals surface area contributed by atoms with Gasteiger partial charge in [-0.1, -0.05) is 26.0 Å². The van der Waals surface area contributed by atoms with Crippen LogP contribution in [0.1, 0.15) is 57.4 Å². The number of unbranched alkanes of at least 4 members (excludes halogenated alkanes) is 1. The van der Waals surface area contributed by atoms with Crippen LogP contribution in [0.15, 0.2) is 29.3 Å². The van der Waals surface area contributed by atoms with Crippen molar-refractivity contribution in [2.24, 2.45) is 10.7 Å². The fraction of sp³-hybridized carbons (Fsp3) is 0.632. The summed E-state index contributed by atoms with van der Waals surface area (Å²) in [6.45, 7) is 9.03. The van der Waals surface area contributed by atoms with Gasteiger partial charge in [0.15, 0.2) is 5.96 Å². The largest absolute Gasteiger partial charge is 0.370 e. The van der Waals surface area contributed by atoms with E-state index in [4.69, 9.17) is 5.73 Å². The first kappa shape index (κ1) is 21.2. The first-order valence-electron chi connectivity index (χ1n) is 9.08. The number of rotatable bonds is 8. The average molecular weight is 444 g/mol. The van der Waals surface area contributed by atoms with E-state index in [0.29, 0.717) is 11.9 Å². The Hall–Kier alpha value is -0.820. The Labute approximate surface area is 164 Å². The number of halogens is 1. The fourth-order valence-corrected chi connectivity index (χ4v) is 2.97. The highest BCUT2D eigenvalue weighted by molar-refractivity contribution is 14.0. The van der Waals surface area contributed by atoms with Gasteiger partial charge in [0.25, 0.3) is 0 Å². The predicted molar refractivity (Wildman–Crippen MR) is 116 cm³/mol. The topological polar surface area (TPSA) is 53.6 Å². The summed E-state index contributed by atoms with van der Waals surface area (Å²) in [5, 5.41) is 3.18. The van der Waals surface area contributed by atoms with E-state index < -0.39 is 0 Å². The fourth-order valence-electron chi connectivity index (χ4n) is 2.97. The second-order valence-corrected chi connectivity index (χ2v) is 6.58. The van der Waals surface area contributed by atoms with Gasteiger partial charge in [-0.3, -0.25) is 4.99 Å². The summed E-state index contributed by atoms with van der Waals surface area (Å²) in [5.74, 6) is 1.12. The summed E-state index contributed by atoms with van der Waals surface area (Å²) < 4.78 is 0. The molecule has 0 amide bonds. The van der Waals surface area contributed by atoms with Crippen LogP contribution in [-0.4, -0.2) is 37.0 Å².